The molecule has 4 aromatic rings. The average Bonchev–Trinajstić information content (AvgIpc) is 2.88. The molecule has 0 aliphatic carbocycles. The van der Waals surface area contributed by atoms with Crippen LogP contribution in [0.4, 0.5) is 5.69 Å². The van der Waals surface area contributed by atoms with Crippen molar-refractivity contribution in [3.8, 4) is 5.69 Å². The molecule has 0 saturated carbocycles. The standard InChI is InChI=1S/C28H28N4O3S/c1-4-28(3)15-23-19(16-35-28)14-22-25(30-23)31-27(32(26(22)34)21-8-6-5-7-9-21)36-17-24(33)29-20-12-10-18(2)11-13-20/h5-14H,4,15-17H2,1-3H3,(H,29,33)/t28-/m0/s1. The molecule has 8 heteroatoms. The predicted octanol–water partition coefficient (Wildman–Crippen LogP) is 5.06. The molecule has 0 unspecified atom stereocenters. The fraction of sp³-hybridized carbons (Fsp3) is 0.286. The van der Waals surface area contributed by atoms with E-state index in [9.17, 15) is 9.59 Å². The van der Waals surface area contributed by atoms with E-state index in [1.807, 2.05) is 67.6 Å². The molecule has 1 amide bonds. The van der Waals surface area contributed by atoms with E-state index in [0.717, 1.165) is 28.9 Å². The minimum Gasteiger partial charge on any atom is -0.370 e. The molecular formula is C28H28N4O3S. The van der Waals surface area contributed by atoms with Gasteiger partial charge in [0.25, 0.3) is 5.56 Å². The minimum absolute atomic E-state index is 0.103. The lowest BCUT2D eigenvalue weighted by Gasteiger charge is -2.33. The number of pyridine rings is 1. The fourth-order valence-corrected chi connectivity index (χ4v) is 5.00. The molecule has 1 atom stereocenters. The summed E-state index contributed by atoms with van der Waals surface area (Å²) in [4.78, 5) is 36.0. The maximum absolute atomic E-state index is 13.7. The second-order valence-electron chi connectivity index (χ2n) is 9.31. The Bertz CT molecular complexity index is 1490. The first kappa shape index (κ1) is 24.2. The summed E-state index contributed by atoms with van der Waals surface area (Å²) in [6, 6.07) is 18.8. The normalized spacial score (nSPS) is 17.1. The van der Waals surface area contributed by atoms with Gasteiger partial charge in [-0.05, 0) is 50.6 Å². The molecule has 0 spiro atoms. The summed E-state index contributed by atoms with van der Waals surface area (Å²) in [5, 5.41) is 3.77. The lowest BCUT2D eigenvalue weighted by molar-refractivity contribution is -0.113. The third-order valence-electron chi connectivity index (χ3n) is 6.54. The molecule has 0 fully saturated rings. The first-order valence-corrected chi connectivity index (χ1v) is 13.0. The summed E-state index contributed by atoms with van der Waals surface area (Å²) in [6.45, 7) is 6.59. The van der Waals surface area contributed by atoms with E-state index in [4.69, 9.17) is 14.7 Å². The number of hydrogen-bond donors (Lipinski definition) is 1. The Morgan fingerprint density at radius 2 is 1.89 bits per heavy atom. The van der Waals surface area contributed by atoms with Gasteiger partial charge in [0.2, 0.25) is 5.91 Å². The first-order valence-electron chi connectivity index (χ1n) is 12.0. The molecule has 1 aliphatic heterocycles. The van der Waals surface area contributed by atoms with Crippen LogP contribution < -0.4 is 10.9 Å². The lowest BCUT2D eigenvalue weighted by Crippen LogP contribution is -2.35. The van der Waals surface area contributed by atoms with Crippen molar-refractivity contribution in [3.63, 3.8) is 0 Å². The molecule has 2 aromatic heterocycles. The largest absolute Gasteiger partial charge is 0.370 e. The van der Waals surface area contributed by atoms with E-state index >= 15 is 0 Å². The Morgan fingerprint density at radius 1 is 1.14 bits per heavy atom. The number of carbonyl (C=O) groups excluding carboxylic acids is 1. The van der Waals surface area contributed by atoms with E-state index in [0.29, 0.717) is 34.9 Å². The van der Waals surface area contributed by atoms with Crippen molar-refractivity contribution in [2.45, 2.75) is 51.0 Å². The van der Waals surface area contributed by atoms with Crippen LogP contribution in [0.3, 0.4) is 0 Å². The van der Waals surface area contributed by atoms with Crippen LogP contribution in [0, 0.1) is 6.92 Å². The number of ether oxygens (including phenoxy) is 1. The van der Waals surface area contributed by atoms with E-state index in [1.54, 1.807) is 4.57 Å². The molecule has 1 N–H and O–H groups in total. The number of amides is 1. The molecule has 3 heterocycles. The maximum Gasteiger partial charge on any atom is 0.268 e. The summed E-state index contributed by atoms with van der Waals surface area (Å²) in [5.74, 6) is -0.0715. The van der Waals surface area contributed by atoms with Crippen LogP contribution in [0.25, 0.3) is 16.7 Å². The highest BCUT2D eigenvalue weighted by Gasteiger charge is 2.31. The molecule has 36 heavy (non-hydrogen) atoms. The van der Waals surface area contributed by atoms with Crippen molar-refractivity contribution in [1.82, 2.24) is 14.5 Å². The third kappa shape index (κ3) is 4.92. The second-order valence-corrected chi connectivity index (χ2v) is 10.3. The number of nitrogens with one attached hydrogen (secondary N) is 1. The number of fused-ring (bicyclic) bond motifs is 2. The van der Waals surface area contributed by atoms with Gasteiger partial charge in [-0.1, -0.05) is 54.6 Å². The van der Waals surface area contributed by atoms with E-state index < -0.39 is 0 Å². The summed E-state index contributed by atoms with van der Waals surface area (Å²) < 4.78 is 7.63. The number of anilines is 1. The van der Waals surface area contributed by atoms with Gasteiger partial charge < -0.3 is 10.1 Å². The zero-order valence-electron chi connectivity index (χ0n) is 20.6. The van der Waals surface area contributed by atoms with Gasteiger partial charge in [0.05, 0.1) is 34.7 Å². The summed E-state index contributed by atoms with van der Waals surface area (Å²) in [7, 11) is 0. The van der Waals surface area contributed by atoms with Crippen molar-refractivity contribution in [3.05, 3.63) is 87.8 Å². The number of benzene rings is 2. The molecule has 0 radical (unpaired) electrons. The van der Waals surface area contributed by atoms with Crippen LogP contribution in [0.5, 0.6) is 0 Å². The minimum atomic E-state index is -0.279. The van der Waals surface area contributed by atoms with E-state index in [-0.39, 0.29) is 22.8 Å². The highest BCUT2D eigenvalue weighted by atomic mass is 32.2. The number of thioether (sulfide) groups is 1. The summed E-state index contributed by atoms with van der Waals surface area (Å²) in [5.41, 5.74) is 4.27. The molecule has 2 aromatic carbocycles. The maximum atomic E-state index is 13.7. The summed E-state index contributed by atoms with van der Waals surface area (Å²) >= 11 is 1.22. The van der Waals surface area contributed by atoms with Crippen LogP contribution in [0.2, 0.25) is 0 Å². The topological polar surface area (TPSA) is 86.1 Å². The van der Waals surface area contributed by atoms with Gasteiger partial charge in [0, 0.05) is 17.7 Å². The lowest BCUT2D eigenvalue weighted by atomic mass is 9.91. The number of para-hydroxylation sites is 1. The van der Waals surface area contributed by atoms with Crippen LogP contribution in [-0.2, 0) is 22.6 Å². The smallest absolute Gasteiger partial charge is 0.268 e. The summed E-state index contributed by atoms with van der Waals surface area (Å²) in [6.07, 6.45) is 1.53. The fourth-order valence-electron chi connectivity index (χ4n) is 4.20. The number of aryl methyl sites for hydroxylation is 1. The van der Waals surface area contributed by atoms with Crippen LogP contribution in [0.15, 0.2) is 70.6 Å². The zero-order chi connectivity index (χ0) is 25.3. The van der Waals surface area contributed by atoms with Gasteiger partial charge >= 0.3 is 0 Å². The molecule has 7 nitrogen and oxygen atoms in total. The van der Waals surface area contributed by atoms with Crippen LogP contribution in [-0.4, -0.2) is 31.8 Å². The molecule has 0 bridgehead atoms. The van der Waals surface area contributed by atoms with Crippen molar-refractivity contribution in [2.75, 3.05) is 11.1 Å². The van der Waals surface area contributed by atoms with Gasteiger partial charge in [-0.2, -0.15) is 0 Å². The van der Waals surface area contributed by atoms with Crippen LogP contribution in [0.1, 0.15) is 37.1 Å². The number of hydrogen-bond acceptors (Lipinski definition) is 6. The molecule has 184 valence electrons. The van der Waals surface area contributed by atoms with Gasteiger partial charge in [0.1, 0.15) is 0 Å². The third-order valence-corrected chi connectivity index (χ3v) is 7.48. The molecule has 1 aliphatic rings. The predicted molar refractivity (Wildman–Crippen MR) is 143 cm³/mol. The van der Waals surface area contributed by atoms with E-state index in [2.05, 4.69) is 19.2 Å². The Morgan fingerprint density at radius 3 is 2.61 bits per heavy atom. The number of nitrogens with zero attached hydrogens (tertiary/aromatic N) is 3. The van der Waals surface area contributed by atoms with Gasteiger partial charge in [-0.3, -0.25) is 14.2 Å². The highest BCUT2D eigenvalue weighted by Crippen LogP contribution is 2.31. The Labute approximate surface area is 213 Å². The Balaban J connectivity index is 1.52. The van der Waals surface area contributed by atoms with Gasteiger partial charge in [-0.15, -0.1) is 0 Å². The van der Waals surface area contributed by atoms with Gasteiger partial charge in [0.15, 0.2) is 10.8 Å². The molecule has 0 saturated heterocycles. The molecular weight excluding hydrogens is 472 g/mol. The Kier molecular flexibility index (Phi) is 6.64. The number of carbonyl (C=O) groups is 1. The number of rotatable bonds is 6. The SMILES string of the molecule is CC[C@@]1(C)Cc2nc3nc(SCC(=O)Nc4ccc(C)cc4)n(-c4ccccc4)c(=O)c3cc2CO1. The Hall–Kier alpha value is -3.49. The quantitative estimate of drug-likeness (QED) is 0.294. The monoisotopic (exact) mass is 500 g/mol. The second kappa shape index (κ2) is 9.87. The van der Waals surface area contributed by atoms with Crippen molar-refractivity contribution >= 4 is 34.4 Å². The van der Waals surface area contributed by atoms with Gasteiger partial charge in [-0.25, -0.2) is 9.97 Å². The number of aromatic nitrogens is 3. The van der Waals surface area contributed by atoms with Crippen molar-refractivity contribution < 1.29 is 9.53 Å². The van der Waals surface area contributed by atoms with Crippen molar-refractivity contribution in [2.24, 2.45) is 0 Å². The highest BCUT2D eigenvalue weighted by molar-refractivity contribution is 7.99. The average molecular weight is 501 g/mol. The van der Waals surface area contributed by atoms with E-state index in [1.165, 1.54) is 11.8 Å². The van der Waals surface area contributed by atoms with Crippen molar-refractivity contribution in [1.29, 1.82) is 0 Å². The first-order chi connectivity index (χ1) is 17.3. The molecule has 5 rings (SSSR count). The zero-order valence-corrected chi connectivity index (χ0v) is 21.4. The van der Waals surface area contributed by atoms with Crippen LogP contribution >= 0.6 is 11.8 Å².